The summed E-state index contributed by atoms with van der Waals surface area (Å²) in [5.41, 5.74) is 0. The van der Waals surface area contributed by atoms with Gasteiger partial charge in [0.25, 0.3) is 0 Å². The fourth-order valence-electron chi connectivity index (χ4n) is 2.51. The van der Waals surface area contributed by atoms with Gasteiger partial charge in [0.05, 0.1) is 19.3 Å². The predicted molar refractivity (Wildman–Crippen MR) is 66.0 cm³/mol. The second-order valence-corrected chi connectivity index (χ2v) is 4.74. The van der Waals surface area contributed by atoms with E-state index in [4.69, 9.17) is 4.74 Å². The standard InChI is InChI=1S/C12H21N3O3/c1-13-11(16)10-8-18-7-6-15(10)12(17)9-4-2-3-5-14-9/h9-10,14H,2-8H2,1H3,(H,13,16). The van der Waals surface area contributed by atoms with Gasteiger partial charge in [-0.15, -0.1) is 0 Å². The fraction of sp³-hybridized carbons (Fsp3) is 0.833. The number of hydrogen-bond donors (Lipinski definition) is 2. The smallest absolute Gasteiger partial charge is 0.244 e. The number of ether oxygens (including phenoxy) is 1. The van der Waals surface area contributed by atoms with Crippen LogP contribution in [0.5, 0.6) is 0 Å². The summed E-state index contributed by atoms with van der Waals surface area (Å²) < 4.78 is 5.30. The zero-order valence-electron chi connectivity index (χ0n) is 10.8. The molecule has 102 valence electrons. The first-order valence-electron chi connectivity index (χ1n) is 6.57. The topological polar surface area (TPSA) is 70.7 Å². The molecule has 2 heterocycles. The van der Waals surface area contributed by atoms with Crippen LogP contribution >= 0.6 is 0 Å². The monoisotopic (exact) mass is 255 g/mol. The highest BCUT2D eigenvalue weighted by atomic mass is 16.5. The van der Waals surface area contributed by atoms with E-state index >= 15 is 0 Å². The molecule has 2 fully saturated rings. The SMILES string of the molecule is CNC(=O)C1COCCN1C(=O)C1CCCCN1. The second-order valence-electron chi connectivity index (χ2n) is 4.74. The van der Waals surface area contributed by atoms with Gasteiger partial charge in [-0.1, -0.05) is 6.42 Å². The maximum Gasteiger partial charge on any atom is 0.244 e. The van der Waals surface area contributed by atoms with Crippen LogP contribution < -0.4 is 10.6 Å². The van der Waals surface area contributed by atoms with E-state index in [0.717, 1.165) is 25.8 Å². The molecular formula is C12H21N3O3. The van der Waals surface area contributed by atoms with Crippen LogP contribution in [0.15, 0.2) is 0 Å². The average Bonchev–Trinajstić information content (AvgIpc) is 2.46. The van der Waals surface area contributed by atoms with E-state index in [1.807, 2.05) is 0 Å². The summed E-state index contributed by atoms with van der Waals surface area (Å²) >= 11 is 0. The van der Waals surface area contributed by atoms with E-state index in [1.165, 1.54) is 0 Å². The maximum absolute atomic E-state index is 12.4. The summed E-state index contributed by atoms with van der Waals surface area (Å²) in [5.74, 6) is -0.120. The molecular weight excluding hydrogens is 234 g/mol. The van der Waals surface area contributed by atoms with Crippen molar-refractivity contribution in [1.29, 1.82) is 0 Å². The minimum atomic E-state index is -0.486. The van der Waals surface area contributed by atoms with E-state index < -0.39 is 6.04 Å². The lowest BCUT2D eigenvalue weighted by Gasteiger charge is -2.37. The molecule has 0 aromatic rings. The molecule has 6 nitrogen and oxygen atoms in total. The van der Waals surface area contributed by atoms with Crippen LogP contribution in [0.2, 0.25) is 0 Å². The van der Waals surface area contributed by atoms with E-state index in [0.29, 0.717) is 13.2 Å². The first-order valence-corrected chi connectivity index (χ1v) is 6.57. The van der Waals surface area contributed by atoms with Gasteiger partial charge in [0.15, 0.2) is 0 Å². The lowest BCUT2D eigenvalue weighted by atomic mass is 10.0. The van der Waals surface area contributed by atoms with Crippen LogP contribution in [0.4, 0.5) is 0 Å². The Kier molecular flexibility index (Phi) is 4.54. The van der Waals surface area contributed by atoms with Crippen LogP contribution in [0.1, 0.15) is 19.3 Å². The van der Waals surface area contributed by atoms with E-state index in [9.17, 15) is 9.59 Å². The van der Waals surface area contributed by atoms with Crippen LogP contribution in [0, 0.1) is 0 Å². The van der Waals surface area contributed by atoms with Gasteiger partial charge in [-0.3, -0.25) is 9.59 Å². The molecule has 2 aliphatic rings. The molecule has 2 rings (SSSR count). The number of nitrogens with one attached hydrogen (secondary N) is 2. The first kappa shape index (κ1) is 13.3. The second kappa shape index (κ2) is 6.15. The van der Waals surface area contributed by atoms with Gasteiger partial charge < -0.3 is 20.3 Å². The molecule has 18 heavy (non-hydrogen) atoms. The predicted octanol–water partition coefficient (Wildman–Crippen LogP) is -0.898. The molecule has 2 unspecified atom stereocenters. The Bertz CT molecular complexity index is 316. The fourth-order valence-corrected chi connectivity index (χ4v) is 2.51. The zero-order chi connectivity index (χ0) is 13.0. The number of piperidine rings is 1. The van der Waals surface area contributed by atoms with E-state index in [2.05, 4.69) is 10.6 Å². The van der Waals surface area contributed by atoms with Crippen molar-refractivity contribution in [2.75, 3.05) is 33.4 Å². The number of rotatable bonds is 2. The van der Waals surface area contributed by atoms with Gasteiger partial charge in [0, 0.05) is 13.6 Å². The quantitative estimate of drug-likeness (QED) is 0.671. The van der Waals surface area contributed by atoms with E-state index in [1.54, 1.807) is 11.9 Å². The molecule has 0 radical (unpaired) electrons. The molecule has 0 aliphatic carbocycles. The molecule has 0 aromatic carbocycles. The van der Waals surface area contributed by atoms with Crippen LogP contribution in [-0.2, 0) is 14.3 Å². The van der Waals surface area contributed by atoms with Gasteiger partial charge in [0.2, 0.25) is 11.8 Å². The summed E-state index contributed by atoms with van der Waals surface area (Å²) in [6, 6.07) is -0.621. The molecule has 6 heteroatoms. The Morgan fingerprint density at radius 1 is 1.39 bits per heavy atom. The lowest BCUT2D eigenvalue weighted by molar-refractivity contribution is -0.150. The van der Waals surface area contributed by atoms with Crippen molar-refractivity contribution < 1.29 is 14.3 Å². The Morgan fingerprint density at radius 3 is 2.89 bits per heavy atom. The molecule has 2 amide bonds. The largest absolute Gasteiger partial charge is 0.377 e. The average molecular weight is 255 g/mol. The van der Waals surface area contributed by atoms with Crippen molar-refractivity contribution in [3.63, 3.8) is 0 Å². The van der Waals surface area contributed by atoms with Crippen molar-refractivity contribution in [3.05, 3.63) is 0 Å². The van der Waals surface area contributed by atoms with Gasteiger partial charge in [-0.05, 0) is 19.4 Å². The summed E-state index contributed by atoms with van der Waals surface area (Å²) in [6.07, 6.45) is 3.04. The molecule has 0 aromatic heterocycles. The van der Waals surface area contributed by atoms with Crippen LogP contribution in [0.3, 0.4) is 0 Å². The molecule has 0 bridgehead atoms. The minimum absolute atomic E-state index is 0.0339. The number of morpholine rings is 1. The summed E-state index contributed by atoms with van der Waals surface area (Å²) in [6.45, 7) is 2.17. The summed E-state index contributed by atoms with van der Waals surface area (Å²) in [7, 11) is 1.58. The van der Waals surface area contributed by atoms with Crippen LogP contribution in [0.25, 0.3) is 0 Å². The van der Waals surface area contributed by atoms with Crippen molar-refractivity contribution >= 4 is 11.8 Å². The zero-order valence-corrected chi connectivity index (χ0v) is 10.8. The third kappa shape index (κ3) is 2.81. The first-order chi connectivity index (χ1) is 8.74. The van der Waals surface area contributed by atoms with Crippen molar-refractivity contribution in [2.24, 2.45) is 0 Å². The molecule has 2 saturated heterocycles. The van der Waals surface area contributed by atoms with Gasteiger partial charge in [0.1, 0.15) is 6.04 Å². The van der Waals surface area contributed by atoms with Crippen molar-refractivity contribution in [3.8, 4) is 0 Å². The Balaban J connectivity index is 2.03. The van der Waals surface area contributed by atoms with Crippen LogP contribution in [-0.4, -0.2) is 62.1 Å². The highest BCUT2D eigenvalue weighted by Gasteiger charge is 2.35. The number of likely N-dealkylation sites (N-methyl/N-ethyl adjacent to an activating group) is 1. The van der Waals surface area contributed by atoms with Gasteiger partial charge in [-0.2, -0.15) is 0 Å². The Morgan fingerprint density at radius 2 is 2.22 bits per heavy atom. The summed E-state index contributed by atoms with van der Waals surface area (Å²) in [4.78, 5) is 25.8. The highest BCUT2D eigenvalue weighted by Crippen LogP contribution is 2.14. The van der Waals surface area contributed by atoms with Gasteiger partial charge in [-0.25, -0.2) is 0 Å². The Labute approximate surface area is 107 Å². The van der Waals surface area contributed by atoms with Crippen molar-refractivity contribution in [2.45, 2.75) is 31.3 Å². The minimum Gasteiger partial charge on any atom is -0.377 e. The molecule has 2 N–H and O–H groups in total. The van der Waals surface area contributed by atoms with E-state index in [-0.39, 0.29) is 24.5 Å². The number of nitrogens with zero attached hydrogens (tertiary/aromatic N) is 1. The number of amides is 2. The highest BCUT2D eigenvalue weighted by molar-refractivity contribution is 5.90. The molecule has 0 spiro atoms. The third-order valence-corrected chi connectivity index (χ3v) is 3.57. The normalized spacial score (nSPS) is 28.8. The van der Waals surface area contributed by atoms with Crippen molar-refractivity contribution in [1.82, 2.24) is 15.5 Å². The maximum atomic E-state index is 12.4. The Hall–Kier alpha value is -1.14. The number of carbonyl (C=O) groups excluding carboxylic acids is 2. The molecule has 0 saturated carbocycles. The van der Waals surface area contributed by atoms with Gasteiger partial charge >= 0.3 is 0 Å². The number of hydrogen-bond acceptors (Lipinski definition) is 4. The summed E-state index contributed by atoms with van der Waals surface area (Å²) in [5, 5.41) is 5.82. The molecule has 2 aliphatic heterocycles. The lowest BCUT2D eigenvalue weighted by Crippen LogP contribution is -2.60. The number of carbonyl (C=O) groups is 2. The molecule has 2 atom stereocenters. The third-order valence-electron chi connectivity index (χ3n) is 3.57.